The van der Waals surface area contributed by atoms with Gasteiger partial charge in [-0.2, -0.15) is 0 Å². The van der Waals surface area contributed by atoms with Gasteiger partial charge in [-0.05, 0) is 36.2 Å². The molecule has 0 bridgehead atoms. The molecule has 1 aromatic heterocycles. The molecule has 4 rings (SSSR count). The number of hydrogen-bond acceptors (Lipinski definition) is 6. The van der Waals surface area contributed by atoms with Gasteiger partial charge < -0.3 is 34.5 Å². The molecule has 1 aliphatic rings. The van der Waals surface area contributed by atoms with Gasteiger partial charge in [0, 0.05) is 23.7 Å². The van der Waals surface area contributed by atoms with E-state index in [0.717, 1.165) is 11.1 Å². The van der Waals surface area contributed by atoms with Crippen LogP contribution in [0.3, 0.4) is 0 Å². The van der Waals surface area contributed by atoms with Crippen LogP contribution in [-0.2, 0) is 11.3 Å². The molecule has 4 N–H and O–H groups in total. The van der Waals surface area contributed by atoms with E-state index in [-0.39, 0.29) is 0 Å². The maximum absolute atomic E-state index is 14.9. The first kappa shape index (κ1) is 21.7. The van der Waals surface area contributed by atoms with Crippen molar-refractivity contribution in [3.05, 3.63) is 65.1 Å². The van der Waals surface area contributed by atoms with E-state index >= 15 is 0 Å². The third-order valence-electron chi connectivity index (χ3n) is 5.92. The van der Waals surface area contributed by atoms with Crippen LogP contribution in [0.5, 0.6) is 5.75 Å². The second-order valence-electron chi connectivity index (χ2n) is 7.90. The number of ether oxygens (including phenoxy) is 2. The first-order valence-corrected chi connectivity index (χ1v) is 10.1. The third-order valence-corrected chi connectivity index (χ3v) is 5.92. The molecule has 2 aromatic carbocycles. The number of methoxy groups -OCH3 is 1. The summed E-state index contributed by atoms with van der Waals surface area (Å²) in [5, 5.41) is 41.1. The number of fused-ring (bicyclic) bond motifs is 1. The Kier molecular flexibility index (Phi) is 6.00. The SMILES string of the molecule is COc1ccc(Cn2cc([C@@H]3O[C@H](CO)[C@@H](O)[C@H](O)[C@H]3O)c3c(C)ccc(F)c32)cc1. The number of hydrogen-bond donors (Lipinski definition) is 4. The number of aromatic nitrogens is 1. The number of benzene rings is 2. The van der Waals surface area contributed by atoms with E-state index in [1.165, 1.54) is 6.07 Å². The minimum absolute atomic E-state index is 0.350. The number of rotatable bonds is 5. The monoisotopic (exact) mass is 431 g/mol. The van der Waals surface area contributed by atoms with E-state index in [1.807, 2.05) is 31.2 Å². The molecule has 3 aromatic rings. The molecule has 1 aliphatic heterocycles. The van der Waals surface area contributed by atoms with Crippen LogP contribution in [-0.4, -0.2) is 63.1 Å². The number of aryl methyl sites for hydroxylation is 1. The Bertz CT molecular complexity index is 1060. The summed E-state index contributed by atoms with van der Waals surface area (Å²) in [7, 11) is 1.58. The average molecular weight is 431 g/mol. The molecule has 0 saturated carbocycles. The highest BCUT2D eigenvalue weighted by molar-refractivity contribution is 5.88. The van der Waals surface area contributed by atoms with Crippen LogP contribution in [0.25, 0.3) is 10.9 Å². The molecule has 0 unspecified atom stereocenters. The Labute approximate surface area is 178 Å². The van der Waals surface area contributed by atoms with E-state index in [1.54, 1.807) is 23.9 Å². The number of aliphatic hydroxyl groups is 4. The summed E-state index contributed by atoms with van der Waals surface area (Å²) in [6.07, 6.45) is -4.81. The van der Waals surface area contributed by atoms with Gasteiger partial charge in [0.25, 0.3) is 0 Å². The van der Waals surface area contributed by atoms with Gasteiger partial charge in [0.1, 0.15) is 42.1 Å². The molecule has 2 heterocycles. The zero-order chi connectivity index (χ0) is 22.3. The van der Waals surface area contributed by atoms with Crippen molar-refractivity contribution in [2.24, 2.45) is 0 Å². The van der Waals surface area contributed by atoms with Gasteiger partial charge in [-0.15, -0.1) is 0 Å². The van der Waals surface area contributed by atoms with Crippen molar-refractivity contribution in [2.45, 2.75) is 44.0 Å². The lowest BCUT2D eigenvalue weighted by atomic mass is 9.90. The van der Waals surface area contributed by atoms with Crippen LogP contribution in [0.4, 0.5) is 4.39 Å². The Morgan fingerprint density at radius 1 is 1.03 bits per heavy atom. The predicted molar refractivity (Wildman–Crippen MR) is 111 cm³/mol. The summed E-state index contributed by atoms with van der Waals surface area (Å²) < 4.78 is 27.6. The zero-order valence-electron chi connectivity index (χ0n) is 17.3. The molecule has 7 nitrogen and oxygen atoms in total. The largest absolute Gasteiger partial charge is 0.497 e. The Balaban J connectivity index is 1.81. The van der Waals surface area contributed by atoms with Gasteiger partial charge in [0.15, 0.2) is 0 Å². The molecule has 5 atom stereocenters. The first-order valence-electron chi connectivity index (χ1n) is 10.1. The van der Waals surface area contributed by atoms with Crippen molar-refractivity contribution in [1.29, 1.82) is 0 Å². The second kappa shape index (κ2) is 8.57. The molecule has 0 spiro atoms. The van der Waals surface area contributed by atoms with Crippen LogP contribution in [0.2, 0.25) is 0 Å². The zero-order valence-corrected chi connectivity index (χ0v) is 17.3. The Hall–Kier alpha value is -2.49. The van der Waals surface area contributed by atoms with Crippen molar-refractivity contribution in [2.75, 3.05) is 13.7 Å². The van der Waals surface area contributed by atoms with Crippen LogP contribution in [0, 0.1) is 12.7 Å². The lowest BCUT2D eigenvalue weighted by Gasteiger charge is -2.40. The Morgan fingerprint density at radius 3 is 2.39 bits per heavy atom. The van der Waals surface area contributed by atoms with Gasteiger partial charge in [-0.25, -0.2) is 4.39 Å². The van der Waals surface area contributed by atoms with Crippen LogP contribution in [0.1, 0.15) is 22.8 Å². The molecular formula is C23H26FNO6. The summed E-state index contributed by atoms with van der Waals surface area (Å²) in [6, 6.07) is 10.4. The van der Waals surface area contributed by atoms with E-state index < -0.39 is 42.9 Å². The second-order valence-corrected chi connectivity index (χ2v) is 7.90. The maximum atomic E-state index is 14.9. The lowest BCUT2D eigenvalue weighted by molar-refractivity contribution is -0.231. The predicted octanol–water partition coefficient (Wildman–Crippen LogP) is 1.66. The topological polar surface area (TPSA) is 104 Å². The van der Waals surface area contributed by atoms with Crippen LogP contribution in [0.15, 0.2) is 42.6 Å². The molecule has 166 valence electrons. The highest BCUT2D eigenvalue weighted by Crippen LogP contribution is 2.39. The molecule has 0 aliphatic carbocycles. The van der Waals surface area contributed by atoms with Crippen LogP contribution >= 0.6 is 0 Å². The van der Waals surface area contributed by atoms with E-state index in [0.29, 0.717) is 28.8 Å². The average Bonchev–Trinajstić information content (AvgIpc) is 3.15. The maximum Gasteiger partial charge on any atom is 0.147 e. The quantitative estimate of drug-likeness (QED) is 0.490. The molecule has 31 heavy (non-hydrogen) atoms. The van der Waals surface area contributed by atoms with Gasteiger partial charge in [-0.1, -0.05) is 18.2 Å². The summed E-state index contributed by atoms with van der Waals surface area (Å²) in [5.41, 5.74) is 2.52. The fourth-order valence-corrected chi connectivity index (χ4v) is 4.24. The van der Waals surface area contributed by atoms with Gasteiger partial charge >= 0.3 is 0 Å². The summed E-state index contributed by atoms with van der Waals surface area (Å²) in [5.74, 6) is 0.287. The number of halogens is 1. The Morgan fingerprint density at radius 2 is 1.74 bits per heavy atom. The minimum atomic E-state index is -1.51. The fourth-order valence-electron chi connectivity index (χ4n) is 4.24. The van der Waals surface area contributed by atoms with Crippen molar-refractivity contribution >= 4 is 10.9 Å². The van der Waals surface area contributed by atoms with Gasteiger partial charge in [-0.3, -0.25) is 0 Å². The van der Waals surface area contributed by atoms with Gasteiger partial charge in [0.05, 0.1) is 19.2 Å². The normalized spacial score (nSPS) is 26.4. The standard InChI is InChI=1S/C23H26FNO6/c1-12-3-8-16(24)19-18(12)15(23-22(29)21(28)20(27)17(11-26)31-23)10-25(19)9-13-4-6-14(30-2)7-5-13/h3-8,10,17,20-23,26-29H,9,11H2,1-2H3/t17-,20-,21+,22-,23+/m1/s1. The lowest BCUT2D eigenvalue weighted by Crippen LogP contribution is -2.55. The van der Waals surface area contributed by atoms with Crippen molar-refractivity contribution < 1.29 is 34.3 Å². The highest BCUT2D eigenvalue weighted by Gasteiger charge is 2.45. The number of aliphatic hydroxyl groups excluding tert-OH is 4. The van der Waals surface area contributed by atoms with Crippen LogP contribution < -0.4 is 4.74 Å². The minimum Gasteiger partial charge on any atom is -0.497 e. The van der Waals surface area contributed by atoms with Crippen molar-refractivity contribution in [1.82, 2.24) is 4.57 Å². The molecule has 1 fully saturated rings. The summed E-state index contributed by atoms with van der Waals surface area (Å²) in [4.78, 5) is 0. The summed E-state index contributed by atoms with van der Waals surface area (Å²) >= 11 is 0. The van der Waals surface area contributed by atoms with E-state index in [2.05, 4.69) is 0 Å². The smallest absolute Gasteiger partial charge is 0.147 e. The van der Waals surface area contributed by atoms with Crippen molar-refractivity contribution in [3.63, 3.8) is 0 Å². The van der Waals surface area contributed by atoms with Gasteiger partial charge in [0.2, 0.25) is 0 Å². The van der Waals surface area contributed by atoms with E-state index in [4.69, 9.17) is 9.47 Å². The molecule has 8 heteroatoms. The molecule has 0 radical (unpaired) electrons. The van der Waals surface area contributed by atoms with E-state index in [9.17, 15) is 24.8 Å². The first-order chi connectivity index (χ1) is 14.8. The fraction of sp³-hybridized carbons (Fsp3) is 0.391. The summed E-state index contributed by atoms with van der Waals surface area (Å²) in [6.45, 7) is 1.66. The highest BCUT2D eigenvalue weighted by atomic mass is 19.1. The van der Waals surface area contributed by atoms with Crippen molar-refractivity contribution in [3.8, 4) is 5.75 Å². The molecule has 0 amide bonds. The molecule has 1 saturated heterocycles. The third kappa shape index (κ3) is 3.81. The number of nitrogens with zero attached hydrogens (tertiary/aromatic N) is 1. The molecular weight excluding hydrogens is 405 g/mol.